The molecule has 1 aromatic carbocycles. The molecule has 6 nitrogen and oxygen atoms in total. The van der Waals surface area contributed by atoms with Gasteiger partial charge in [-0.2, -0.15) is 4.31 Å². The lowest BCUT2D eigenvalue weighted by Crippen LogP contribution is -2.38. The molecule has 25 heavy (non-hydrogen) atoms. The molecule has 0 N–H and O–H groups in total. The summed E-state index contributed by atoms with van der Waals surface area (Å²) < 4.78 is 53.7. The molecular formula is C17H26N2O4S2. The first-order valence-electron chi connectivity index (χ1n) is 8.85. The van der Waals surface area contributed by atoms with Crippen LogP contribution < -0.4 is 4.31 Å². The zero-order chi connectivity index (χ0) is 18.2. The van der Waals surface area contributed by atoms with Crippen molar-refractivity contribution in [3.63, 3.8) is 0 Å². The highest BCUT2D eigenvalue weighted by Crippen LogP contribution is 2.32. The molecule has 1 aromatic rings. The van der Waals surface area contributed by atoms with E-state index in [-0.39, 0.29) is 5.75 Å². The van der Waals surface area contributed by atoms with Crippen LogP contribution in [0.4, 0.5) is 5.69 Å². The monoisotopic (exact) mass is 386 g/mol. The molecule has 140 valence electrons. The van der Waals surface area contributed by atoms with Crippen LogP contribution in [-0.2, 0) is 20.0 Å². The van der Waals surface area contributed by atoms with Crippen LogP contribution in [-0.4, -0.2) is 46.5 Å². The molecule has 2 saturated heterocycles. The number of hydrogen-bond acceptors (Lipinski definition) is 4. The summed E-state index contributed by atoms with van der Waals surface area (Å²) in [7, 11) is -6.84. The van der Waals surface area contributed by atoms with E-state index in [0.29, 0.717) is 47.8 Å². The standard InChI is InChI=1S/C17H26N2O4S2/c1-14-13-17(25(22,23)18-8-4-3-5-9-18)15(2)12-16(14)19-10-6-7-11-24(19,20)21/h12-13H,3-11H2,1-2H3. The predicted molar refractivity (Wildman–Crippen MR) is 98.9 cm³/mol. The van der Waals surface area contributed by atoms with Gasteiger partial charge in [-0.15, -0.1) is 0 Å². The summed E-state index contributed by atoms with van der Waals surface area (Å²) in [6.07, 6.45) is 4.35. The van der Waals surface area contributed by atoms with Gasteiger partial charge in [0.2, 0.25) is 20.0 Å². The molecule has 2 aliphatic rings. The Morgan fingerprint density at radius 3 is 2.16 bits per heavy atom. The van der Waals surface area contributed by atoms with Gasteiger partial charge < -0.3 is 0 Å². The molecule has 2 aliphatic heterocycles. The van der Waals surface area contributed by atoms with Gasteiger partial charge in [0.05, 0.1) is 16.3 Å². The van der Waals surface area contributed by atoms with Crippen molar-refractivity contribution < 1.29 is 16.8 Å². The molecular weight excluding hydrogens is 360 g/mol. The van der Waals surface area contributed by atoms with E-state index in [4.69, 9.17) is 0 Å². The van der Waals surface area contributed by atoms with Crippen LogP contribution in [0.3, 0.4) is 0 Å². The smallest absolute Gasteiger partial charge is 0.243 e. The Hall–Kier alpha value is -1.12. The van der Waals surface area contributed by atoms with Gasteiger partial charge in [0, 0.05) is 19.6 Å². The van der Waals surface area contributed by atoms with E-state index >= 15 is 0 Å². The second-order valence-corrected chi connectivity index (χ2v) is 10.9. The molecule has 0 spiro atoms. The number of hydrogen-bond donors (Lipinski definition) is 0. The average Bonchev–Trinajstić information content (AvgIpc) is 2.57. The molecule has 0 aliphatic carbocycles. The van der Waals surface area contributed by atoms with E-state index in [9.17, 15) is 16.8 Å². The summed E-state index contributed by atoms with van der Waals surface area (Å²) in [6.45, 7) is 5.11. The summed E-state index contributed by atoms with van der Waals surface area (Å²) in [5.41, 5.74) is 1.90. The molecule has 2 fully saturated rings. The van der Waals surface area contributed by atoms with E-state index in [0.717, 1.165) is 25.7 Å². The Morgan fingerprint density at radius 2 is 1.52 bits per heavy atom. The minimum atomic E-state index is -3.53. The van der Waals surface area contributed by atoms with Crippen LogP contribution in [0, 0.1) is 13.8 Å². The first-order valence-corrected chi connectivity index (χ1v) is 11.9. The van der Waals surface area contributed by atoms with E-state index in [1.165, 1.54) is 4.31 Å². The SMILES string of the molecule is Cc1cc(S(=O)(=O)N2CCCCC2)c(C)cc1N1CCCCS1(=O)=O. The van der Waals surface area contributed by atoms with Crippen LogP contribution in [0.1, 0.15) is 43.2 Å². The summed E-state index contributed by atoms with van der Waals surface area (Å²) in [6, 6.07) is 3.35. The maximum atomic E-state index is 13.0. The molecule has 0 radical (unpaired) electrons. The van der Waals surface area contributed by atoms with Crippen molar-refractivity contribution in [3.8, 4) is 0 Å². The highest BCUT2D eigenvalue weighted by molar-refractivity contribution is 7.92. The van der Waals surface area contributed by atoms with Crippen molar-refractivity contribution in [2.45, 2.75) is 50.8 Å². The predicted octanol–water partition coefficient (Wildman–Crippen LogP) is 2.41. The third-order valence-corrected chi connectivity index (χ3v) is 8.94. The molecule has 8 heteroatoms. The molecule has 0 unspecified atom stereocenters. The normalized spacial score (nSPS) is 22.1. The van der Waals surface area contributed by atoms with Crippen LogP contribution in [0.15, 0.2) is 17.0 Å². The Morgan fingerprint density at radius 1 is 0.880 bits per heavy atom. The van der Waals surface area contributed by atoms with Crippen molar-refractivity contribution in [1.29, 1.82) is 0 Å². The second kappa shape index (κ2) is 6.89. The highest BCUT2D eigenvalue weighted by atomic mass is 32.2. The molecule has 0 saturated carbocycles. The fraction of sp³-hybridized carbons (Fsp3) is 0.647. The minimum absolute atomic E-state index is 0.152. The van der Waals surface area contributed by atoms with Crippen LogP contribution >= 0.6 is 0 Å². The average molecular weight is 387 g/mol. The molecule has 0 atom stereocenters. The van der Waals surface area contributed by atoms with Gasteiger partial charge in [-0.1, -0.05) is 6.42 Å². The number of nitrogens with zero attached hydrogens (tertiary/aromatic N) is 2. The fourth-order valence-electron chi connectivity index (χ4n) is 3.62. The molecule has 0 amide bonds. The third-order valence-electron chi connectivity index (χ3n) is 5.04. The van der Waals surface area contributed by atoms with Gasteiger partial charge in [0.25, 0.3) is 0 Å². The van der Waals surface area contributed by atoms with Crippen LogP contribution in [0.25, 0.3) is 0 Å². The zero-order valence-corrected chi connectivity index (χ0v) is 16.5. The summed E-state index contributed by atoms with van der Waals surface area (Å²) >= 11 is 0. The molecule has 3 rings (SSSR count). The Bertz CT molecular complexity index is 857. The van der Waals surface area contributed by atoms with Crippen molar-refractivity contribution >= 4 is 25.7 Å². The molecule has 0 aromatic heterocycles. The Kier molecular flexibility index (Phi) is 5.14. The van der Waals surface area contributed by atoms with Crippen molar-refractivity contribution in [2.24, 2.45) is 0 Å². The topological polar surface area (TPSA) is 74.8 Å². The van der Waals surface area contributed by atoms with Gasteiger partial charge >= 0.3 is 0 Å². The maximum Gasteiger partial charge on any atom is 0.243 e. The number of benzene rings is 1. The maximum absolute atomic E-state index is 13.0. The minimum Gasteiger partial charge on any atom is -0.270 e. The number of anilines is 1. The lowest BCUT2D eigenvalue weighted by molar-refractivity contribution is 0.346. The van der Waals surface area contributed by atoms with E-state index in [1.54, 1.807) is 30.3 Å². The largest absolute Gasteiger partial charge is 0.270 e. The van der Waals surface area contributed by atoms with E-state index < -0.39 is 20.0 Å². The van der Waals surface area contributed by atoms with Gasteiger partial charge in [0.15, 0.2) is 0 Å². The van der Waals surface area contributed by atoms with E-state index in [2.05, 4.69) is 0 Å². The molecule has 2 heterocycles. The summed E-state index contributed by atoms with van der Waals surface area (Å²) in [4.78, 5) is 0.296. The number of aryl methyl sites for hydroxylation is 2. The van der Waals surface area contributed by atoms with Crippen LogP contribution in [0.2, 0.25) is 0 Å². The lowest BCUT2D eigenvalue weighted by Gasteiger charge is -2.31. The third kappa shape index (κ3) is 3.57. The van der Waals surface area contributed by atoms with Gasteiger partial charge in [0.1, 0.15) is 0 Å². The summed E-state index contributed by atoms with van der Waals surface area (Å²) in [5, 5.41) is 0. The summed E-state index contributed by atoms with van der Waals surface area (Å²) in [5.74, 6) is 0.152. The first kappa shape index (κ1) is 18.7. The number of rotatable bonds is 3. The van der Waals surface area contributed by atoms with Crippen molar-refractivity contribution in [2.75, 3.05) is 29.7 Å². The van der Waals surface area contributed by atoms with Crippen LogP contribution in [0.5, 0.6) is 0 Å². The fourth-order valence-corrected chi connectivity index (χ4v) is 7.13. The van der Waals surface area contributed by atoms with Gasteiger partial charge in [-0.3, -0.25) is 4.31 Å². The Labute approximate surface area is 150 Å². The zero-order valence-electron chi connectivity index (χ0n) is 14.9. The van der Waals surface area contributed by atoms with Crippen molar-refractivity contribution in [1.82, 2.24) is 4.31 Å². The van der Waals surface area contributed by atoms with E-state index in [1.807, 2.05) is 0 Å². The second-order valence-electron chi connectivity index (χ2n) is 6.96. The Balaban J connectivity index is 2.00. The number of sulfonamides is 2. The first-order chi connectivity index (χ1) is 11.7. The quantitative estimate of drug-likeness (QED) is 0.799. The highest BCUT2D eigenvalue weighted by Gasteiger charge is 2.31. The molecule has 0 bridgehead atoms. The van der Waals surface area contributed by atoms with Gasteiger partial charge in [-0.25, -0.2) is 16.8 Å². The van der Waals surface area contributed by atoms with Crippen molar-refractivity contribution in [3.05, 3.63) is 23.3 Å². The number of piperidine rings is 1. The lowest BCUT2D eigenvalue weighted by atomic mass is 10.1. The van der Waals surface area contributed by atoms with Gasteiger partial charge in [-0.05, 0) is 62.8 Å².